The second-order valence-electron chi connectivity index (χ2n) is 6.26. The maximum absolute atomic E-state index is 12.6. The number of aryl methyl sites for hydroxylation is 2. The lowest BCUT2D eigenvalue weighted by atomic mass is 10.00. The zero-order valence-corrected chi connectivity index (χ0v) is 14.7. The maximum Gasteiger partial charge on any atom is 0.258 e. The molecule has 0 aliphatic carbocycles. The highest BCUT2D eigenvalue weighted by Crippen LogP contribution is 2.22. The van der Waals surface area contributed by atoms with Crippen molar-refractivity contribution in [1.82, 2.24) is 24.4 Å². The Balaban J connectivity index is 1.50. The van der Waals surface area contributed by atoms with Gasteiger partial charge in [0.05, 0.1) is 17.3 Å². The first kappa shape index (κ1) is 16.2. The van der Waals surface area contributed by atoms with E-state index in [1.165, 1.54) is 6.20 Å². The SMILES string of the molecule is CCc1noc2ncc(S(=O)(=O)NC[C@H]3CCc4nccn4C3)cc12. The minimum atomic E-state index is -3.62. The van der Waals surface area contributed by atoms with E-state index in [4.69, 9.17) is 4.52 Å². The number of nitrogens with one attached hydrogen (secondary N) is 1. The number of rotatable bonds is 5. The first-order valence-corrected chi connectivity index (χ1v) is 9.79. The van der Waals surface area contributed by atoms with E-state index in [-0.39, 0.29) is 10.8 Å². The summed E-state index contributed by atoms with van der Waals surface area (Å²) in [5.41, 5.74) is 1.06. The summed E-state index contributed by atoms with van der Waals surface area (Å²) in [6.07, 6.45) is 7.47. The van der Waals surface area contributed by atoms with Gasteiger partial charge in [0.1, 0.15) is 10.7 Å². The molecular formula is C16H19N5O3S. The van der Waals surface area contributed by atoms with Gasteiger partial charge < -0.3 is 9.09 Å². The fraction of sp³-hybridized carbons (Fsp3) is 0.438. The number of pyridine rings is 1. The first-order chi connectivity index (χ1) is 12.1. The van der Waals surface area contributed by atoms with Crippen LogP contribution in [0.5, 0.6) is 0 Å². The monoisotopic (exact) mass is 361 g/mol. The second kappa shape index (κ2) is 6.23. The summed E-state index contributed by atoms with van der Waals surface area (Å²) in [6, 6.07) is 1.58. The number of imidazole rings is 1. The summed E-state index contributed by atoms with van der Waals surface area (Å²) in [5, 5.41) is 4.56. The van der Waals surface area contributed by atoms with Gasteiger partial charge >= 0.3 is 0 Å². The van der Waals surface area contributed by atoms with Crippen molar-refractivity contribution < 1.29 is 12.9 Å². The molecule has 0 aromatic carbocycles. The average Bonchev–Trinajstić information content (AvgIpc) is 3.25. The van der Waals surface area contributed by atoms with Crippen LogP contribution in [0.2, 0.25) is 0 Å². The molecule has 0 saturated carbocycles. The molecular weight excluding hydrogens is 342 g/mol. The quantitative estimate of drug-likeness (QED) is 0.739. The molecule has 0 amide bonds. The summed E-state index contributed by atoms with van der Waals surface area (Å²) in [7, 11) is -3.62. The van der Waals surface area contributed by atoms with E-state index in [0.717, 1.165) is 25.2 Å². The average molecular weight is 361 g/mol. The van der Waals surface area contributed by atoms with Crippen LogP contribution in [-0.4, -0.2) is 34.7 Å². The summed E-state index contributed by atoms with van der Waals surface area (Å²) >= 11 is 0. The van der Waals surface area contributed by atoms with E-state index in [0.29, 0.717) is 29.8 Å². The van der Waals surface area contributed by atoms with Crippen LogP contribution in [0.15, 0.2) is 34.1 Å². The standard InChI is InChI=1S/C16H19N5O3S/c1-2-14-13-7-12(9-18-16(13)24-20-14)25(22,23)19-8-11-3-4-15-17-5-6-21(15)10-11/h5-7,9,11,19H,2-4,8,10H2,1H3/t11-/m1/s1. The molecule has 1 N–H and O–H groups in total. The molecule has 0 unspecified atom stereocenters. The number of nitrogens with zero attached hydrogens (tertiary/aromatic N) is 4. The first-order valence-electron chi connectivity index (χ1n) is 8.31. The molecule has 1 atom stereocenters. The lowest BCUT2D eigenvalue weighted by Gasteiger charge is -2.23. The Morgan fingerprint density at radius 3 is 3.12 bits per heavy atom. The van der Waals surface area contributed by atoms with Crippen LogP contribution in [0.1, 0.15) is 24.9 Å². The Labute approximate surface area is 145 Å². The van der Waals surface area contributed by atoms with Crippen LogP contribution >= 0.6 is 0 Å². The molecule has 0 bridgehead atoms. The van der Waals surface area contributed by atoms with Crippen molar-refractivity contribution in [3.63, 3.8) is 0 Å². The molecule has 0 saturated heterocycles. The van der Waals surface area contributed by atoms with Crippen LogP contribution in [-0.2, 0) is 29.4 Å². The highest BCUT2D eigenvalue weighted by atomic mass is 32.2. The molecule has 3 aromatic heterocycles. The lowest BCUT2D eigenvalue weighted by molar-refractivity contribution is 0.363. The number of hydrogen-bond acceptors (Lipinski definition) is 6. The third kappa shape index (κ3) is 3.05. The third-order valence-electron chi connectivity index (χ3n) is 4.62. The van der Waals surface area contributed by atoms with Crippen LogP contribution in [0.4, 0.5) is 0 Å². The normalized spacial score (nSPS) is 17.7. The highest BCUT2D eigenvalue weighted by Gasteiger charge is 2.23. The zero-order valence-electron chi connectivity index (χ0n) is 13.8. The van der Waals surface area contributed by atoms with Crippen molar-refractivity contribution in [3.8, 4) is 0 Å². The van der Waals surface area contributed by atoms with E-state index in [9.17, 15) is 8.42 Å². The van der Waals surface area contributed by atoms with Gasteiger partial charge in [0.2, 0.25) is 10.0 Å². The van der Waals surface area contributed by atoms with Gasteiger partial charge in [0.25, 0.3) is 5.71 Å². The van der Waals surface area contributed by atoms with E-state index in [1.54, 1.807) is 12.3 Å². The molecule has 1 aliphatic rings. The van der Waals surface area contributed by atoms with Gasteiger partial charge in [0.15, 0.2) is 0 Å². The molecule has 4 heterocycles. The molecule has 0 spiro atoms. The molecule has 25 heavy (non-hydrogen) atoms. The van der Waals surface area contributed by atoms with Crippen molar-refractivity contribution in [2.24, 2.45) is 5.92 Å². The van der Waals surface area contributed by atoms with Crippen molar-refractivity contribution in [2.75, 3.05) is 6.54 Å². The second-order valence-corrected chi connectivity index (χ2v) is 8.03. The van der Waals surface area contributed by atoms with E-state index in [1.807, 2.05) is 13.1 Å². The minimum absolute atomic E-state index is 0.136. The van der Waals surface area contributed by atoms with Gasteiger partial charge in [0, 0.05) is 31.9 Å². The molecule has 1 aliphatic heterocycles. The predicted octanol–water partition coefficient (Wildman–Crippen LogP) is 1.52. The molecule has 9 heteroatoms. The van der Waals surface area contributed by atoms with Crippen molar-refractivity contribution in [2.45, 2.75) is 37.6 Å². The van der Waals surface area contributed by atoms with E-state index < -0.39 is 10.0 Å². The fourth-order valence-corrected chi connectivity index (χ4v) is 4.26. The summed E-state index contributed by atoms with van der Waals surface area (Å²) < 4.78 is 35.1. The molecule has 0 fully saturated rings. The van der Waals surface area contributed by atoms with Gasteiger partial charge in [-0.05, 0) is 24.8 Å². The Morgan fingerprint density at radius 1 is 1.40 bits per heavy atom. The topological polar surface area (TPSA) is 103 Å². The third-order valence-corrected chi connectivity index (χ3v) is 6.01. The van der Waals surface area contributed by atoms with Gasteiger partial charge in [-0.2, -0.15) is 0 Å². The Kier molecular flexibility index (Phi) is 4.04. The molecule has 8 nitrogen and oxygen atoms in total. The van der Waals surface area contributed by atoms with E-state index in [2.05, 4.69) is 24.4 Å². The van der Waals surface area contributed by atoms with Gasteiger partial charge in [-0.15, -0.1) is 0 Å². The van der Waals surface area contributed by atoms with Crippen LogP contribution in [0.25, 0.3) is 11.1 Å². The molecule has 0 radical (unpaired) electrons. The molecule has 3 aromatic rings. The molecule has 4 rings (SSSR count). The van der Waals surface area contributed by atoms with Crippen molar-refractivity contribution in [3.05, 3.63) is 36.2 Å². The smallest absolute Gasteiger partial charge is 0.258 e. The zero-order chi connectivity index (χ0) is 17.4. The van der Waals surface area contributed by atoms with Gasteiger partial charge in [-0.1, -0.05) is 12.1 Å². The molecule has 132 valence electrons. The largest absolute Gasteiger partial charge is 0.336 e. The van der Waals surface area contributed by atoms with Crippen molar-refractivity contribution in [1.29, 1.82) is 0 Å². The van der Waals surface area contributed by atoms with Gasteiger partial charge in [-0.3, -0.25) is 0 Å². The number of hydrogen-bond donors (Lipinski definition) is 1. The number of aromatic nitrogens is 4. The number of sulfonamides is 1. The highest BCUT2D eigenvalue weighted by molar-refractivity contribution is 7.89. The van der Waals surface area contributed by atoms with Gasteiger partial charge in [-0.25, -0.2) is 23.1 Å². The van der Waals surface area contributed by atoms with Crippen LogP contribution in [0.3, 0.4) is 0 Å². The Hall–Kier alpha value is -2.26. The predicted molar refractivity (Wildman–Crippen MR) is 90.4 cm³/mol. The lowest BCUT2D eigenvalue weighted by Crippen LogP contribution is -2.33. The Morgan fingerprint density at radius 2 is 2.28 bits per heavy atom. The summed E-state index contributed by atoms with van der Waals surface area (Å²) in [6.45, 7) is 3.10. The maximum atomic E-state index is 12.6. The van der Waals surface area contributed by atoms with Crippen molar-refractivity contribution >= 4 is 21.1 Å². The van der Waals surface area contributed by atoms with Crippen LogP contribution in [0, 0.1) is 5.92 Å². The Bertz CT molecular complexity index is 1010. The fourth-order valence-electron chi connectivity index (χ4n) is 3.18. The summed E-state index contributed by atoms with van der Waals surface area (Å²) in [4.78, 5) is 8.50. The summed E-state index contributed by atoms with van der Waals surface area (Å²) in [5.74, 6) is 1.31. The minimum Gasteiger partial charge on any atom is -0.336 e. The number of fused-ring (bicyclic) bond motifs is 2. The van der Waals surface area contributed by atoms with Crippen LogP contribution < -0.4 is 4.72 Å². The van der Waals surface area contributed by atoms with E-state index >= 15 is 0 Å².